The Morgan fingerprint density at radius 2 is 0.482 bits per heavy atom. The molecule has 0 heterocycles. The molecule has 0 aliphatic carbocycles. The molecule has 0 spiro atoms. The van der Waals surface area contributed by atoms with E-state index in [0.29, 0.717) is 0 Å². The van der Waals surface area contributed by atoms with E-state index in [2.05, 4.69) is 402 Å². The van der Waals surface area contributed by atoms with Gasteiger partial charge in [-0.1, -0.05) is 332 Å². The van der Waals surface area contributed by atoms with Crippen molar-refractivity contribution in [2.75, 3.05) is 0 Å². The fourth-order valence-electron chi connectivity index (χ4n) is 14.2. The third-order valence-electron chi connectivity index (χ3n) is 20.0. The van der Waals surface area contributed by atoms with Gasteiger partial charge in [-0.15, -0.1) is 0 Å². The van der Waals surface area contributed by atoms with Crippen molar-refractivity contribution >= 4 is 0 Å². The maximum absolute atomic E-state index is 5.84. The highest BCUT2D eigenvalue weighted by molar-refractivity contribution is 5.73. The summed E-state index contributed by atoms with van der Waals surface area (Å²) in [5, 5.41) is 0. The SMILES string of the molecule is Cc1ccc(-c2ccc(C)c(C)c2C)c(C)c1.Cc1ccc(-c2ccc(C)cc2C)cc1.Cc1ccc(Cc2cc(C)cc(C)c2)cc1.Cc1ccc(Oc2ccc(C)cc2C)cc1.Cc1cccc(Cc2cc(C)cc(C)c2)c1.Cc1cccc(Cc2cc(C)cc(C)c2)c1.Cc1cccc(Oc2ccc(C)cc2C)c1. The fourth-order valence-corrected chi connectivity index (χ4v) is 14.2. The van der Waals surface area contributed by atoms with E-state index < -0.39 is 0 Å². The molecule has 0 saturated heterocycles. The molecule has 0 aromatic heterocycles. The number of benzene rings is 14. The van der Waals surface area contributed by atoms with Crippen LogP contribution >= 0.6 is 0 Å². The van der Waals surface area contributed by atoms with Crippen molar-refractivity contribution in [3.8, 4) is 45.3 Å². The van der Waals surface area contributed by atoms with Crippen molar-refractivity contribution in [2.45, 2.75) is 179 Å². The Bertz CT molecular complexity index is 5210. The summed E-state index contributed by atoms with van der Waals surface area (Å²) in [7, 11) is 0. The summed E-state index contributed by atoms with van der Waals surface area (Å²) in [5.41, 5.74) is 44.0. The van der Waals surface area contributed by atoms with Gasteiger partial charge in [-0.2, -0.15) is 0 Å². The smallest absolute Gasteiger partial charge is 0.130 e. The summed E-state index contributed by atoms with van der Waals surface area (Å²) in [6.45, 7) is 49.2. The first kappa shape index (κ1) is 86.3. The Morgan fingerprint density at radius 3 is 0.875 bits per heavy atom. The van der Waals surface area contributed by atoms with E-state index in [1.807, 2.05) is 42.5 Å². The molecule has 112 heavy (non-hydrogen) atoms. The molecule has 0 amide bonds. The Kier molecular flexibility index (Phi) is 32.5. The molecule has 0 atom stereocenters. The van der Waals surface area contributed by atoms with Crippen LogP contribution < -0.4 is 9.47 Å². The van der Waals surface area contributed by atoms with Gasteiger partial charge in [0.25, 0.3) is 0 Å². The van der Waals surface area contributed by atoms with Crippen molar-refractivity contribution in [1.29, 1.82) is 0 Å². The lowest BCUT2D eigenvalue weighted by molar-refractivity contribution is 0.478. The summed E-state index contributed by atoms with van der Waals surface area (Å²) in [4.78, 5) is 0. The molecule has 0 radical (unpaired) electrons. The first-order valence-electron chi connectivity index (χ1n) is 39.7. The number of aryl methyl sites for hydroxylation is 21. The molecule has 2 heteroatoms. The number of ether oxygens (including phenoxy) is 2. The van der Waals surface area contributed by atoms with E-state index in [9.17, 15) is 0 Å². The van der Waals surface area contributed by atoms with Gasteiger partial charge >= 0.3 is 0 Å². The standard InChI is InChI=1S/C17H20.3C16H18.2C15H16O.C15H16/c1-11-6-8-16(13(3)10-11)17-9-7-12(2)14(4)15(17)5;1-12-4-6-15(7-5-12)11-16-9-13(2)8-14(3)10-16;2*1-12-5-4-6-15(8-12)11-16-9-13(2)7-14(3)10-16;1-11-4-7-14(8-5-11)16-15-9-6-12(2)10-13(15)3;1-11-5-4-6-14(10-11)16-15-8-7-12(2)9-13(15)3;1-11-4-7-14(8-5-11)15-9-6-12(2)10-13(15)3/h6-10H,1-5H3;3*4-10H,11H2,1-3H3;2*4-10H,1-3H3;4-10H,1-3H3. The molecule has 0 bridgehead atoms. The number of hydrogen-bond donors (Lipinski definition) is 0. The monoisotopic (exact) mass is 1470 g/mol. The summed E-state index contributed by atoms with van der Waals surface area (Å²) >= 11 is 0. The van der Waals surface area contributed by atoms with E-state index in [1.165, 1.54) is 184 Å². The average Bonchev–Trinajstić information content (AvgIpc) is 0.802. The van der Waals surface area contributed by atoms with Gasteiger partial charge in [0.05, 0.1) is 0 Å². The lowest BCUT2D eigenvalue weighted by Gasteiger charge is -2.14. The van der Waals surface area contributed by atoms with Gasteiger partial charge in [-0.25, -0.2) is 0 Å². The van der Waals surface area contributed by atoms with E-state index in [4.69, 9.17) is 9.47 Å². The van der Waals surface area contributed by atoms with Crippen LogP contribution in [-0.2, 0) is 19.3 Å². The van der Waals surface area contributed by atoms with Gasteiger partial charge in [0.15, 0.2) is 0 Å². The zero-order valence-corrected chi connectivity index (χ0v) is 71.6. The van der Waals surface area contributed by atoms with Crippen molar-refractivity contribution < 1.29 is 9.47 Å². The molecule has 0 fully saturated rings. The minimum absolute atomic E-state index is 0.887. The van der Waals surface area contributed by atoms with E-state index in [1.54, 1.807) is 0 Å². The Morgan fingerprint density at radius 1 is 0.170 bits per heavy atom. The first-order chi connectivity index (χ1) is 53.4. The summed E-state index contributed by atoms with van der Waals surface area (Å²) in [6.07, 6.45) is 3.09. The van der Waals surface area contributed by atoms with Crippen LogP contribution in [0, 0.1) is 159 Å². The number of hydrogen-bond acceptors (Lipinski definition) is 2. The van der Waals surface area contributed by atoms with Crippen molar-refractivity contribution in [1.82, 2.24) is 0 Å². The normalized spacial score (nSPS) is 10.4. The Labute approximate surface area is 675 Å². The van der Waals surface area contributed by atoms with Crippen LogP contribution in [0.2, 0.25) is 0 Å². The van der Waals surface area contributed by atoms with Crippen LogP contribution in [0.3, 0.4) is 0 Å². The highest BCUT2D eigenvalue weighted by Gasteiger charge is 2.10. The molecular weight excluding hydrogens is 1350 g/mol. The Hall–Kier alpha value is -11.3. The summed E-state index contributed by atoms with van der Waals surface area (Å²) in [5.74, 6) is 3.63. The predicted molar refractivity (Wildman–Crippen MR) is 486 cm³/mol. The van der Waals surface area contributed by atoms with E-state index in [-0.39, 0.29) is 0 Å². The van der Waals surface area contributed by atoms with Crippen LogP contribution in [0.15, 0.2) is 285 Å². The molecule has 0 saturated carbocycles. The second-order valence-corrected chi connectivity index (χ2v) is 31.5. The van der Waals surface area contributed by atoms with Gasteiger partial charge in [-0.3, -0.25) is 0 Å². The van der Waals surface area contributed by atoms with Gasteiger partial charge in [0.1, 0.15) is 23.0 Å². The van der Waals surface area contributed by atoms with E-state index >= 15 is 0 Å². The Balaban J connectivity index is 0.000000164. The molecule has 14 aromatic carbocycles. The molecular formula is C110H122O2. The maximum Gasteiger partial charge on any atom is 0.130 e. The van der Waals surface area contributed by atoms with Crippen LogP contribution in [-0.4, -0.2) is 0 Å². The van der Waals surface area contributed by atoms with Crippen LogP contribution in [0.4, 0.5) is 0 Å². The summed E-state index contributed by atoms with van der Waals surface area (Å²) in [6, 6.07) is 102. The molecule has 14 aromatic rings. The van der Waals surface area contributed by atoms with Crippen LogP contribution in [0.1, 0.15) is 161 Å². The lowest BCUT2D eigenvalue weighted by Crippen LogP contribution is -1.92. The topological polar surface area (TPSA) is 18.5 Å². The molecule has 0 unspecified atom stereocenters. The zero-order chi connectivity index (χ0) is 81.1. The molecule has 0 N–H and O–H groups in total. The van der Waals surface area contributed by atoms with Crippen LogP contribution in [0.25, 0.3) is 22.3 Å². The minimum atomic E-state index is 0.887. The minimum Gasteiger partial charge on any atom is -0.457 e. The van der Waals surface area contributed by atoms with Crippen molar-refractivity contribution in [2.24, 2.45) is 0 Å². The molecule has 2 nitrogen and oxygen atoms in total. The van der Waals surface area contributed by atoms with Gasteiger partial charge in [0, 0.05) is 0 Å². The third-order valence-corrected chi connectivity index (χ3v) is 20.0. The second-order valence-electron chi connectivity index (χ2n) is 31.5. The molecule has 574 valence electrons. The lowest BCUT2D eigenvalue weighted by atomic mass is 9.91. The third kappa shape index (κ3) is 28.5. The molecule has 0 aliphatic rings. The zero-order valence-electron chi connectivity index (χ0n) is 71.6. The second kappa shape index (κ2) is 42.2. The van der Waals surface area contributed by atoms with E-state index in [0.717, 1.165) is 42.3 Å². The van der Waals surface area contributed by atoms with Gasteiger partial charge < -0.3 is 9.47 Å². The van der Waals surface area contributed by atoms with Crippen molar-refractivity contribution in [3.05, 3.63) is 446 Å². The average molecular weight is 1480 g/mol. The quantitative estimate of drug-likeness (QED) is 0.121. The van der Waals surface area contributed by atoms with Crippen LogP contribution in [0.5, 0.6) is 23.0 Å². The largest absolute Gasteiger partial charge is 0.457 e. The molecule has 14 rings (SSSR count). The van der Waals surface area contributed by atoms with Gasteiger partial charge in [0.2, 0.25) is 0 Å². The van der Waals surface area contributed by atoms with Crippen molar-refractivity contribution in [3.63, 3.8) is 0 Å². The maximum atomic E-state index is 5.84. The predicted octanol–water partition coefficient (Wildman–Crippen LogP) is 30.6. The highest BCUT2D eigenvalue weighted by atomic mass is 16.5. The highest BCUT2D eigenvalue weighted by Crippen LogP contribution is 2.32. The number of rotatable bonds is 12. The summed E-state index contributed by atoms with van der Waals surface area (Å²) < 4.78 is 11.7. The first-order valence-corrected chi connectivity index (χ1v) is 39.7. The fraction of sp³-hybridized carbons (Fsp3) is 0.236. The molecule has 0 aliphatic heterocycles. The van der Waals surface area contributed by atoms with Gasteiger partial charge in [-0.05, 0) is 315 Å².